The van der Waals surface area contributed by atoms with Gasteiger partial charge in [-0.15, -0.1) is 0 Å². The van der Waals surface area contributed by atoms with Crippen molar-refractivity contribution in [1.29, 1.82) is 0 Å². The number of urea groups is 1. The van der Waals surface area contributed by atoms with E-state index < -0.39 is 0 Å². The second kappa shape index (κ2) is 6.29. The second-order valence-electron chi connectivity index (χ2n) is 4.06. The zero-order valence-electron chi connectivity index (χ0n) is 10.4. The van der Waals surface area contributed by atoms with Crippen molar-refractivity contribution in [2.75, 3.05) is 32.7 Å². The predicted molar refractivity (Wildman–Crippen MR) is 65.1 cm³/mol. The van der Waals surface area contributed by atoms with Crippen molar-refractivity contribution in [3.8, 4) is 0 Å². The summed E-state index contributed by atoms with van der Waals surface area (Å²) >= 11 is 0. The molecule has 0 aromatic heterocycles. The Morgan fingerprint density at radius 3 is 2.53 bits per heavy atom. The molecule has 1 aliphatic heterocycles. The standard InChI is InChI=1S/C10H21N5O2/c1-3-12-10(16)15-6-4-14(5-7-15)8(2)9(11)13-17/h8,17H,3-7H2,1-2H3,(H2,11,13)(H,12,16). The van der Waals surface area contributed by atoms with Gasteiger partial charge in [0.05, 0.1) is 6.04 Å². The van der Waals surface area contributed by atoms with Gasteiger partial charge in [0.15, 0.2) is 5.84 Å². The minimum absolute atomic E-state index is 0.0244. The van der Waals surface area contributed by atoms with Crippen molar-refractivity contribution in [3.63, 3.8) is 0 Å². The number of carbonyl (C=O) groups is 1. The topological polar surface area (TPSA) is 94.2 Å². The van der Waals surface area contributed by atoms with E-state index in [4.69, 9.17) is 10.9 Å². The molecule has 0 aromatic carbocycles. The van der Waals surface area contributed by atoms with Gasteiger partial charge < -0.3 is 21.2 Å². The highest BCUT2D eigenvalue weighted by molar-refractivity contribution is 5.84. The van der Waals surface area contributed by atoms with Crippen LogP contribution in [0.25, 0.3) is 0 Å². The van der Waals surface area contributed by atoms with Crippen molar-refractivity contribution in [1.82, 2.24) is 15.1 Å². The molecular formula is C10H21N5O2. The Balaban J connectivity index is 2.43. The van der Waals surface area contributed by atoms with Crippen molar-refractivity contribution < 1.29 is 10.0 Å². The van der Waals surface area contributed by atoms with Crippen molar-refractivity contribution in [2.24, 2.45) is 10.9 Å². The molecule has 4 N–H and O–H groups in total. The molecule has 1 fully saturated rings. The summed E-state index contributed by atoms with van der Waals surface area (Å²) in [5.74, 6) is 0.205. The van der Waals surface area contributed by atoms with Gasteiger partial charge in [0.2, 0.25) is 0 Å². The molecule has 17 heavy (non-hydrogen) atoms. The van der Waals surface area contributed by atoms with E-state index >= 15 is 0 Å². The minimum atomic E-state index is -0.101. The van der Waals surface area contributed by atoms with Crippen LogP contribution in [0.2, 0.25) is 0 Å². The summed E-state index contributed by atoms with van der Waals surface area (Å²) in [6, 6.07) is -0.125. The van der Waals surface area contributed by atoms with Crippen molar-refractivity contribution >= 4 is 11.9 Å². The lowest BCUT2D eigenvalue weighted by Gasteiger charge is -2.37. The Kier molecular flexibility index (Phi) is 5.02. The highest BCUT2D eigenvalue weighted by Gasteiger charge is 2.25. The molecule has 0 radical (unpaired) electrons. The van der Waals surface area contributed by atoms with E-state index in [2.05, 4.69) is 15.4 Å². The molecule has 98 valence electrons. The summed E-state index contributed by atoms with van der Waals surface area (Å²) in [6.45, 7) is 7.21. The second-order valence-corrected chi connectivity index (χ2v) is 4.06. The van der Waals surface area contributed by atoms with Gasteiger partial charge in [-0.3, -0.25) is 4.90 Å². The van der Waals surface area contributed by atoms with E-state index in [0.29, 0.717) is 19.6 Å². The quantitative estimate of drug-likeness (QED) is 0.269. The molecule has 1 unspecified atom stereocenters. The van der Waals surface area contributed by atoms with Gasteiger partial charge in [-0.05, 0) is 13.8 Å². The number of piperazine rings is 1. The van der Waals surface area contributed by atoms with Crippen LogP contribution in [-0.4, -0.2) is 65.6 Å². The maximum absolute atomic E-state index is 11.6. The maximum atomic E-state index is 11.6. The van der Waals surface area contributed by atoms with Crippen LogP contribution in [-0.2, 0) is 0 Å². The average Bonchev–Trinajstić information content (AvgIpc) is 2.37. The van der Waals surface area contributed by atoms with Crippen LogP contribution >= 0.6 is 0 Å². The Bertz CT molecular complexity index is 286. The van der Waals surface area contributed by atoms with Crippen LogP contribution in [0.15, 0.2) is 5.16 Å². The monoisotopic (exact) mass is 243 g/mol. The van der Waals surface area contributed by atoms with Gasteiger partial charge in [-0.2, -0.15) is 0 Å². The van der Waals surface area contributed by atoms with Crippen LogP contribution in [0.3, 0.4) is 0 Å². The normalized spacial score (nSPS) is 20.1. The molecule has 1 saturated heterocycles. The molecule has 0 aromatic rings. The molecule has 7 nitrogen and oxygen atoms in total. The smallest absolute Gasteiger partial charge is 0.317 e. The lowest BCUT2D eigenvalue weighted by atomic mass is 10.2. The van der Waals surface area contributed by atoms with Gasteiger partial charge in [-0.1, -0.05) is 5.16 Å². The highest BCUT2D eigenvalue weighted by atomic mass is 16.4. The van der Waals surface area contributed by atoms with E-state index in [1.165, 1.54) is 0 Å². The third-order valence-corrected chi connectivity index (χ3v) is 3.02. The highest BCUT2D eigenvalue weighted by Crippen LogP contribution is 2.06. The molecule has 0 saturated carbocycles. The molecule has 7 heteroatoms. The van der Waals surface area contributed by atoms with Gasteiger partial charge in [-0.25, -0.2) is 4.79 Å². The number of nitrogens with zero attached hydrogens (tertiary/aromatic N) is 3. The van der Waals surface area contributed by atoms with E-state index in [1.807, 2.05) is 13.8 Å². The summed E-state index contributed by atoms with van der Waals surface area (Å²) < 4.78 is 0. The number of rotatable bonds is 3. The van der Waals surface area contributed by atoms with E-state index in [0.717, 1.165) is 13.1 Å². The number of nitrogens with one attached hydrogen (secondary N) is 1. The summed E-state index contributed by atoms with van der Waals surface area (Å²) in [6.07, 6.45) is 0. The minimum Gasteiger partial charge on any atom is -0.409 e. The average molecular weight is 243 g/mol. The predicted octanol–water partition coefficient (Wildman–Crippen LogP) is -0.532. The first kappa shape index (κ1) is 13.6. The van der Waals surface area contributed by atoms with E-state index in [9.17, 15) is 4.79 Å². The Morgan fingerprint density at radius 1 is 1.47 bits per heavy atom. The Morgan fingerprint density at radius 2 is 2.06 bits per heavy atom. The van der Waals surface area contributed by atoms with Crippen molar-refractivity contribution in [3.05, 3.63) is 0 Å². The molecule has 0 bridgehead atoms. The molecule has 0 spiro atoms. The van der Waals surface area contributed by atoms with Gasteiger partial charge >= 0.3 is 6.03 Å². The van der Waals surface area contributed by atoms with Gasteiger partial charge in [0, 0.05) is 32.7 Å². The largest absolute Gasteiger partial charge is 0.409 e. The fourth-order valence-electron chi connectivity index (χ4n) is 1.85. The summed E-state index contributed by atoms with van der Waals surface area (Å²) in [5, 5.41) is 14.4. The fraction of sp³-hybridized carbons (Fsp3) is 0.800. The van der Waals surface area contributed by atoms with Gasteiger partial charge in [0.1, 0.15) is 0 Å². The number of nitrogens with two attached hydrogens (primary N) is 1. The summed E-state index contributed by atoms with van der Waals surface area (Å²) in [4.78, 5) is 15.4. The molecule has 2 amide bonds. The fourth-order valence-corrected chi connectivity index (χ4v) is 1.85. The first-order valence-corrected chi connectivity index (χ1v) is 5.84. The van der Waals surface area contributed by atoms with Crippen LogP contribution in [0, 0.1) is 0 Å². The van der Waals surface area contributed by atoms with Crippen LogP contribution in [0.1, 0.15) is 13.8 Å². The van der Waals surface area contributed by atoms with Crippen LogP contribution in [0.4, 0.5) is 4.79 Å². The van der Waals surface area contributed by atoms with Gasteiger partial charge in [0.25, 0.3) is 0 Å². The first-order valence-electron chi connectivity index (χ1n) is 5.84. The van der Waals surface area contributed by atoms with Crippen molar-refractivity contribution in [2.45, 2.75) is 19.9 Å². The first-order chi connectivity index (χ1) is 8.10. The summed E-state index contributed by atoms with van der Waals surface area (Å²) in [5.41, 5.74) is 5.55. The number of hydrogen-bond acceptors (Lipinski definition) is 4. The Hall–Kier alpha value is -1.50. The van der Waals surface area contributed by atoms with Crippen LogP contribution < -0.4 is 11.1 Å². The Labute approximate surface area is 101 Å². The SMILES string of the molecule is CCNC(=O)N1CCN(C(C)C(N)=NO)CC1. The number of amidine groups is 1. The third-order valence-electron chi connectivity index (χ3n) is 3.02. The molecule has 1 atom stereocenters. The molecule has 1 rings (SSSR count). The van der Waals surface area contributed by atoms with Crippen LogP contribution in [0.5, 0.6) is 0 Å². The lowest BCUT2D eigenvalue weighted by molar-refractivity contribution is 0.130. The zero-order chi connectivity index (χ0) is 12.8. The lowest BCUT2D eigenvalue weighted by Crippen LogP contribution is -2.56. The molecule has 1 heterocycles. The molecular weight excluding hydrogens is 222 g/mol. The maximum Gasteiger partial charge on any atom is 0.317 e. The zero-order valence-corrected chi connectivity index (χ0v) is 10.4. The number of carbonyl (C=O) groups excluding carboxylic acids is 1. The molecule has 0 aliphatic carbocycles. The van der Waals surface area contributed by atoms with E-state index in [1.54, 1.807) is 4.90 Å². The molecule has 1 aliphatic rings. The number of oxime groups is 1. The number of hydrogen-bond donors (Lipinski definition) is 3. The van der Waals surface area contributed by atoms with E-state index in [-0.39, 0.29) is 17.9 Å². The number of amides is 2. The third kappa shape index (κ3) is 3.48. The summed E-state index contributed by atoms with van der Waals surface area (Å²) in [7, 11) is 0.